The lowest BCUT2D eigenvalue weighted by Gasteiger charge is -1.70. The van der Waals surface area contributed by atoms with Crippen LogP contribution in [0.15, 0.2) is 24.8 Å². The molecule has 0 fully saturated rings. The van der Waals surface area contributed by atoms with Crippen LogP contribution in [0.25, 0.3) is 0 Å². The second-order valence-electron chi connectivity index (χ2n) is 0.996. The molecule has 0 aromatic carbocycles. The van der Waals surface area contributed by atoms with E-state index in [2.05, 4.69) is 9.97 Å². The van der Waals surface area contributed by atoms with Crippen LogP contribution in [0, 0.1) is 5.41 Å². The van der Waals surface area contributed by atoms with Crippen LogP contribution in [0.4, 0.5) is 0 Å². The fraction of sp³-hybridized carbons (Fsp3) is 0. The van der Waals surface area contributed by atoms with E-state index in [9.17, 15) is 0 Å². The molecule has 1 rings (SSSR count). The van der Waals surface area contributed by atoms with Crippen molar-refractivity contribution in [3.05, 3.63) is 24.8 Å². The van der Waals surface area contributed by atoms with E-state index in [-0.39, 0.29) is 0 Å². The maximum absolute atomic E-state index is 8.35. The predicted molar refractivity (Wildman–Crippen MR) is 30.4 cm³/mol. The van der Waals surface area contributed by atoms with Crippen LogP contribution in [0.3, 0.4) is 0 Å². The first-order valence-corrected chi connectivity index (χ1v) is 2.15. The molecule has 9 heavy (non-hydrogen) atoms. The topological polar surface area (TPSA) is 66.7 Å². The van der Waals surface area contributed by atoms with Crippen LogP contribution in [-0.2, 0) is 4.79 Å². The highest BCUT2D eigenvalue weighted by molar-refractivity contribution is 5.26. The summed E-state index contributed by atoms with van der Waals surface area (Å²) in [7, 11) is 0. The molecule has 4 heteroatoms. The molecule has 0 spiro atoms. The molecule has 1 heterocycles. The van der Waals surface area contributed by atoms with Crippen molar-refractivity contribution in [2.75, 3.05) is 0 Å². The fourth-order valence-corrected chi connectivity index (χ4v) is 0.253. The molecule has 0 atom stereocenters. The lowest BCUT2D eigenvalue weighted by atomic mass is 10.8. The average Bonchev–Trinajstić information content (AvgIpc) is 1.93. The van der Waals surface area contributed by atoms with Crippen molar-refractivity contribution < 1.29 is 4.79 Å². The van der Waals surface area contributed by atoms with Crippen molar-refractivity contribution in [3.8, 4) is 0 Å². The summed E-state index contributed by atoms with van der Waals surface area (Å²) < 4.78 is 0. The number of carbonyl (C=O) groups excluding carboxylic acids is 1. The van der Waals surface area contributed by atoms with Crippen LogP contribution in [0.2, 0.25) is 0 Å². The number of hydrogen-bond donors (Lipinski definition) is 1. The quantitative estimate of drug-likeness (QED) is 0.400. The Labute approximate surface area is 52.1 Å². The molecular formula is C5H5N3O. The molecule has 0 bridgehead atoms. The summed E-state index contributed by atoms with van der Waals surface area (Å²) in [5, 5.41) is 5.40. The van der Waals surface area contributed by atoms with E-state index in [0.717, 1.165) is 6.08 Å². The van der Waals surface area contributed by atoms with Gasteiger partial charge in [0.1, 0.15) is 0 Å². The Bertz CT molecular complexity index is 142. The van der Waals surface area contributed by atoms with E-state index in [0.29, 0.717) is 0 Å². The largest absolute Gasteiger partial charge is 0.262 e. The highest BCUT2D eigenvalue weighted by Crippen LogP contribution is 1.65. The van der Waals surface area contributed by atoms with E-state index < -0.39 is 0 Å². The zero-order valence-electron chi connectivity index (χ0n) is 4.61. The van der Waals surface area contributed by atoms with E-state index in [1.54, 1.807) is 24.8 Å². The van der Waals surface area contributed by atoms with Crippen molar-refractivity contribution in [1.29, 1.82) is 5.41 Å². The summed E-state index contributed by atoms with van der Waals surface area (Å²) in [5.74, 6) is 0. The van der Waals surface area contributed by atoms with Crippen LogP contribution in [0.1, 0.15) is 0 Å². The first-order valence-electron chi connectivity index (χ1n) is 2.15. The van der Waals surface area contributed by atoms with Crippen molar-refractivity contribution in [3.63, 3.8) is 0 Å². The third-order valence-corrected chi connectivity index (χ3v) is 0.478. The molecule has 0 radical (unpaired) electrons. The number of isocyanates is 1. The third kappa shape index (κ3) is 6.46. The van der Waals surface area contributed by atoms with Crippen molar-refractivity contribution in [1.82, 2.24) is 9.97 Å². The van der Waals surface area contributed by atoms with Gasteiger partial charge in [0.15, 0.2) is 0 Å². The zero-order valence-corrected chi connectivity index (χ0v) is 4.61. The molecule has 1 N–H and O–H groups in total. The van der Waals surface area contributed by atoms with Gasteiger partial charge in [-0.15, -0.1) is 0 Å². The maximum atomic E-state index is 8.35. The van der Waals surface area contributed by atoms with Crippen molar-refractivity contribution >= 4 is 6.08 Å². The van der Waals surface area contributed by atoms with E-state index in [1.807, 2.05) is 0 Å². The van der Waals surface area contributed by atoms with Crippen molar-refractivity contribution in [2.45, 2.75) is 0 Å². The molecule has 0 amide bonds. The van der Waals surface area contributed by atoms with Crippen molar-refractivity contribution in [2.24, 2.45) is 0 Å². The summed E-state index contributed by atoms with van der Waals surface area (Å²) in [5.41, 5.74) is 0. The fourth-order valence-electron chi connectivity index (χ4n) is 0.253. The van der Waals surface area contributed by atoms with Gasteiger partial charge in [-0.3, -0.25) is 9.97 Å². The number of nitrogens with one attached hydrogen (secondary N) is 1. The van der Waals surface area contributed by atoms with Gasteiger partial charge >= 0.3 is 0 Å². The first-order chi connectivity index (χ1) is 4.41. The van der Waals surface area contributed by atoms with Crippen LogP contribution < -0.4 is 0 Å². The Morgan fingerprint density at radius 2 is 1.33 bits per heavy atom. The number of nitrogens with zero attached hydrogens (tertiary/aromatic N) is 2. The summed E-state index contributed by atoms with van der Waals surface area (Å²) >= 11 is 0. The van der Waals surface area contributed by atoms with E-state index in [4.69, 9.17) is 10.2 Å². The molecule has 4 nitrogen and oxygen atoms in total. The minimum atomic E-state index is 0.750. The maximum Gasteiger partial charge on any atom is 0.231 e. The van der Waals surface area contributed by atoms with Gasteiger partial charge in [-0.2, -0.15) is 0 Å². The smallest absolute Gasteiger partial charge is 0.231 e. The Morgan fingerprint density at radius 3 is 1.44 bits per heavy atom. The first kappa shape index (κ1) is 7.46. The SMILES string of the molecule is N=C=O.c1cnccn1. The molecule has 1 aromatic rings. The summed E-state index contributed by atoms with van der Waals surface area (Å²) in [6.45, 7) is 0. The standard InChI is InChI=1S/C4H4N2.CHNO/c1-2-6-4-3-5-1;2-1-3/h1-4H;2H. The van der Waals surface area contributed by atoms with Gasteiger partial charge in [0, 0.05) is 24.8 Å². The van der Waals surface area contributed by atoms with Gasteiger partial charge in [-0.1, -0.05) is 0 Å². The lowest BCUT2D eigenvalue weighted by Crippen LogP contribution is -1.66. The summed E-state index contributed by atoms with van der Waals surface area (Å²) in [4.78, 5) is 15.8. The molecule has 0 aliphatic heterocycles. The molecule has 0 aliphatic rings. The Balaban J connectivity index is 0.000000187. The molecule has 1 aromatic heterocycles. The minimum absolute atomic E-state index is 0.750. The minimum Gasteiger partial charge on any atom is -0.262 e. The van der Waals surface area contributed by atoms with Gasteiger partial charge in [0.05, 0.1) is 0 Å². The zero-order chi connectivity index (χ0) is 6.95. The van der Waals surface area contributed by atoms with Crippen LogP contribution >= 0.6 is 0 Å². The Kier molecular flexibility index (Phi) is 5.35. The van der Waals surface area contributed by atoms with Gasteiger partial charge in [-0.25, -0.2) is 10.2 Å². The van der Waals surface area contributed by atoms with E-state index >= 15 is 0 Å². The van der Waals surface area contributed by atoms with Gasteiger partial charge in [0.2, 0.25) is 6.08 Å². The molecule has 0 unspecified atom stereocenters. The molecular weight excluding hydrogens is 118 g/mol. The molecule has 0 saturated heterocycles. The van der Waals surface area contributed by atoms with Gasteiger partial charge < -0.3 is 0 Å². The number of aromatic nitrogens is 2. The highest BCUT2D eigenvalue weighted by Gasteiger charge is 1.59. The Morgan fingerprint density at radius 1 is 1.11 bits per heavy atom. The van der Waals surface area contributed by atoms with E-state index in [1.165, 1.54) is 0 Å². The predicted octanol–water partition coefficient (Wildman–Crippen LogP) is 0.378. The monoisotopic (exact) mass is 123 g/mol. The normalized spacial score (nSPS) is 6.22. The second-order valence-corrected chi connectivity index (χ2v) is 0.996. The second kappa shape index (κ2) is 6.46. The molecule has 0 aliphatic carbocycles. The van der Waals surface area contributed by atoms with Crippen LogP contribution in [-0.4, -0.2) is 16.0 Å². The number of rotatable bonds is 0. The highest BCUT2D eigenvalue weighted by atomic mass is 16.1. The molecule has 0 saturated carbocycles. The summed E-state index contributed by atoms with van der Waals surface area (Å²) in [6.07, 6.45) is 7.31. The Hall–Kier alpha value is -1.54. The van der Waals surface area contributed by atoms with Crippen LogP contribution in [0.5, 0.6) is 0 Å². The number of hydrogen-bond acceptors (Lipinski definition) is 4. The third-order valence-electron chi connectivity index (χ3n) is 0.478. The average molecular weight is 123 g/mol. The van der Waals surface area contributed by atoms with Gasteiger partial charge in [0.25, 0.3) is 0 Å². The van der Waals surface area contributed by atoms with Gasteiger partial charge in [-0.05, 0) is 0 Å². The molecule has 46 valence electrons. The lowest BCUT2D eigenvalue weighted by molar-refractivity contribution is 0.563. The summed E-state index contributed by atoms with van der Waals surface area (Å²) in [6, 6.07) is 0.